The second kappa shape index (κ2) is 6.18. The Balaban J connectivity index is 2.09. The van der Waals surface area contributed by atoms with Crippen molar-refractivity contribution < 1.29 is 4.79 Å². The van der Waals surface area contributed by atoms with E-state index >= 15 is 0 Å². The first-order valence-corrected chi connectivity index (χ1v) is 6.59. The monoisotopic (exact) mass is 273 g/mol. The summed E-state index contributed by atoms with van der Waals surface area (Å²) in [6.45, 7) is 2.10. The Morgan fingerprint density at radius 1 is 1.40 bits per heavy atom. The maximum absolute atomic E-state index is 12.1. The molecule has 20 heavy (non-hydrogen) atoms. The van der Waals surface area contributed by atoms with Crippen LogP contribution in [0.2, 0.25) is 0 Å². The van der Waals surface area contributed by atoms with Crippen LogP contribution in [0.15, 0.2) is 24.4 Å². The van der Waals surface area contributed by atoms with E-state index in [1.807, 2.05) is 25.1 Å². The lowest BCUT2D eigenvalue weighted by Crippen LogP contribution is -2.15. The van der Waals surface area contributed by atoms with E-state index in [1.54, 1.807) is 18.3 Å². The molecule has 0 aliphatic heterocycles. The number of pyridine rings is 1. The number of carbonyl (C=O) groups excluding carboxylic acids is 1. The van der Waals surface area contributed by atoms with Gasteiger partial charge in [-0.1, -0.05) is 13.3 Å². The topological polar surface area (TPSA) is 73.9 Å². The fraction of sp³-hybridized carbons (Fsp3) is 0.357. The largest absolute Gasteiger partial charge is 0.363 e. The molecule has 1 amide bonds. The molecule has 0 unspecified atom stereocenters. The Kier molecular flexibility index (Phi) is 4.34. The van der Waals surface area contributed by atoms with Crippen molar-refractivity contribution in [2.24, 2.45) is 0 Å². The minimum absolute atomic E-state index is 0.190. The van der Waals surface area contributed by atoms with Crippen LogP contribution in [0.3, 0.4) is 0 Å². The lowest BCUT2D eigenvalue weighted by Gasteiger charge is -2.11. The molecule has 0 aliphatic carbocycles. The van der Waals surface area contributed by atoms with Crippen LogP contribution in [0.4, 0.5) is 11.6 Å². The molecule has 0 saturated carbocycles. The van der Waals surface area contributed by atoms with Gasteiger partial charge in [0.05, 0.1) is 0 Å². The van der Waals surface area contributed by atoms with E-state index in [2.05, 4.69) is 27.4 Å². The number of hydrogen-bond acceptors (Lipinski definition) is 4. The van der Waals surface area contributed by atoms with Gasteiger partial charge in [-0.25, -0.2) is 4.98 Å². The summed E-state index contributed by atoms with van der Waals surface area (Å²) in [4.78, 5) is 18.2. The maximum atomic E-state index is 12.1. The molecule has 0 bridgehead atoms. The zero-order valence-electron chi connectivity index (χ0n) is 12.0. The Hall–Kier alpha value is -2.37. The standard InChI is InChI=1S/C14H19N5O/c1-4-5-11-9-12(18-17-11)16-14(20)10-6-7-15-13(8-10)19(2)3/h6-9H,4-5H2,1-3H3,(H2,16,17,18,20). The number of carbonyl (C=O) groups is 1. The molecule has 0 fully saturated rings. The number of nitrogens with zero attached hydrogens (tertiary/aromatic N) is 3. The number of aryl methyl sites for hydroxylation is 1. The molecule has 106 valence electrons. The van der Waals surface area contributed by atoms with Gasteiger partial charge in [0.2, 0.25) is 0 Å². The normalized spacial score (nSPS) is 10.3. The third-order valence-electron chi connectivity index (χ3n) is 2.86. The van der Waals surface area contributed by atoms with Crippen molar-refractivity contribution in [2.75, 3.05) is 24.3 Å². The highest BCUT2D eigenvalue weighted by molar-refractivity contribution is 6.04. The molecule has 0 spiro atoms. The highest BCUT2D eigenvalue weighted by Gasteiger charge is 2.10. The second-order valence-corrected chi connectivity index (χ2v) is 4.78. The molecule has 2 heterocycles. The van der Waals surface area contributed by atoms with Crippen LogP contribution < -0.4 is 10.2 Å². The van der Waals surface area contributed by atoms with E-state index in [-0.39, 0.29) is 5.91 Å². The zero-order chi connectivity index (χ0) is 14.5. The summed E-state index contributed by atoms with van der Waals surface area (Å²) in [5.74, 6) is 1.10. The summed E-state index contributed by atoms with van der Waals surface area (Å²) in [6.07, 6.45) is 3.58. The average molecular weight is 273 g/mol. The van der Waals surface area contributed by atoms with E-state index in [0.29, 0.717) is 11.4 Å². The Morgan fingerprint density at radius 3 is 2.90 bits per heavy atom. The molecule has 6 nitrogen and oxygen atoms in total. The molecular formula is C14H19N5O. The first-order chi connectivity index (χ1) is 9.60. The van der Waals surface area contributed by atoms with Crippen LogP contribution >= 0.6 is 0 Å². The van der Waals surface area contributed by atoms with E-state index in [1.165, 1.54) is 0 Å². The molecule has 2 rings (SSSR count). The van der Waals surface area contributed by atoms with Crippen LogP contribution in [-0.4, -0.2) is 35.2 Å². The van der Waals surface area contributed by atoms with Crippen LogP contribution in [0.5, 0.6) is 0 Å². The molecule has 0 radical (unpaired) electrons. The number of aromatic nitrogens is 3. The minimum atomic E-state index is -0.190. The van der Waals surface area contributed by atoms with E-state index < -0.39 is 0 Å². The lowest BCUT2D eigenvalue weighted by molar-refractivity contribution is 0.102. The maximum Gasteiger partial charge on any atom is 0.257 e. The highest BCUT2D eigenvalue weighted by atomic mass is 16.1. The van der Waals surface area contributed by atoms with Crippen LogP contribution in [-0.2, 0) is 6.42 Å². The van der Waals surface area contributed by atoms with Gasteiger partial charge in [-0.15, -0.1) is 0 Å². The molecule has 2 aromatic heterocycles. The number of nitrogens with one attached hydrogen (secondary N) is 2. The van der Waals surface area contributed by atoms with Crippen molar-refractivity contribution in [3.63, 3.8) is 0 Å². The molecule has 0 atom stereocenters. The molecular weight excluding hydrogens is 254 g/mol. The zero-order valence-corrected chi connectivity index (χ0v) is 12.0. The van der Waals surface area contributed by atoms with Crippen molar-refractivity contribution in [3.8, 4) is 0 Å². The number of rotatable bonds is 5. The van der Waals surface area contributed by atoms with Crippen molar-refractivity contribution in [1.82, 2.24) is 15.2 Å². The molecule has 2 N–H and O–H groups in total. The summed E-state index contributed by atoms with van der Waals surface area (Å²) in [6, 6.07) is 5.28. The molecule has 0 aliphatic rings. The van der Waals surface area contributed by atoms with Gasteiger partial charge in [0.1, 0.15) is 5.82 Å². The van der Waals surface area contributed by atoms with E-state index in [9.17, 15) is 4.79 Å². The highest BCUT2D eigenvalue weighted by Crippen LogP contribution is 2.12. The van der Waals surface area contributed by atoms with Gasteiger partial charge < -0.3 is 10.2 Å². The minimum Gasteiger partial charge on any atom is -0.363 e. The molecule has 0 saturated heterocycles. The smallest absolute Gasteiger partial charge is 0.257 e. The predicted octanol–water partition coefficient (Wildman–Crippen LogP) is 2.08. The van der Waals surface area contributed by atoms with E-state index in [4.69, 9.17) is 0 Å². The second-order valence-electron chi connectivity index (χ2n) is 4.78. The third-order valence-corrected chi connectivity index (χ3v) is 2.86. The van der Waals surface area contributed by atoms with Crippen molar-refractivity contribution in [2.45, 2.75) is 19.8 Å². The van der Waals surface area contributed by atoms with Crippen molar-refractivity contribution in [1.29, 1.82) is 0 Å². The number of hydrogen-bond donors (Lipinski definition) is 2. The number of aromatic amines is 1. The van der Waals surface area contributed by atoms with Crippen LogP contribution in [0.1, 0.15) is 29.4 Å². The average Bonchev–Trinajstić information content (AvgIpc) is 2.86. The summed E-state index contributed by atoms with van der Waals surface area (Å²) in [5, 5.41) is 9.76. The summed E-state index contributed by atoms with van der Waals surface area (Å²) < 4.78 is 0. The molecule has 2 aromatic rings. The van der Waals surface area contributed by atoms with Crippen LogP contribution in [0.25, 0.3) is 0 Å². The number of H-pyrrole nitrogens is 1. The number of amides is 1. The van der Waals surface area contributed by atoms with Gasteiger partial charge in [0.25, 0.3) is 5.91 Å². The summed E-state index contributed by atoms with van der Waals surface area (Å²) >= 11 is 0. The summed E-state index contributed by atoms with van der Waals surface area (Å²) in [7, 11) is 3.77. The van der Waals surface area contributed by atoms with Crippen molar-refractivity contribution >= 4 is 17.5 Å². The first-order valence-electron chi connectivity index (χ1n) is 6.59. The van der Waals surface area contributed by atoms with Crippen LogP contribution in [0, 0.1) is 0 Å². The van der Waals surface area contributed by atoms with Crippen molar-refractivity contribution in [3.05, 3.63) is 35.7 Å². The predicted molar refractivity (Wildman–Crippen MR) is 79.1 cm³/mol. The van der Waals surface area contributed by atoms with Gasteiger partial charge in [-0.2, -0.15) is 5.10 Å². The SMILES string of the molecule is CCCc1cc(NC(=O)c2ccnc(N(C)C)c2)n[nH]1. The van der Waals surface area contributed by atoms with E-state index in [0.717, 1.165) is 24.4 Å². The quantitative estimate of drug-likeness (QED) is 0.874. The molecule has 0 aromatic carbocycles. The summed E-state index contributed by atoms with van der Waals surface area (Å²) in [5.41, 5.74) is 1.58. The number of anilines is 2. The Labute approximate surface area is 118 Å². The lowest BCUT2D eigenvalue weighted by atomic mass is 10.2. The van der Waals surface area contributed by atoms with Gasteiger partial charge in [-0.05, 0) is 18.6 Å². The third kappa shape index (κ3) is 3.34. The first kappa shape index (κ1) is 14.0. The van der Waals surface area contributed by atoms with Gasteiger partial charge >= 0.3 is 0 Å². The van der Waals surface area contributed by atoms with Gasteiger partial charge in [-0.3, -0.25) is 9.89 Å². The molecule has 6 heteroatoms. The van der Waals surface area contributed by atoms with Gasteiger partial charge in [0, 0.05) is 37.6 Å². The van der Waals surface area contributed by atoms with Gasteiger partial charge in [0.15, 0.2) is 5.82 Å². The Morgan fingerprint density at radius 2 is 2.20 bits per heavy atom. The Bertz CT molecular complexity index is 591. The fourth-order valence-electron chi connectivity index (χ4n) is 1.82. The fourth-order valence-corrected chi connectivity index (χ4v) is 1.82.